The van der Waals surface area contributed by atoms with E-state index in [-0.39, 0.29) is 5.91 Å². The fraction of sp³-hybridized carbons (Fsp3) is 0.0909. The number of aliphatic imine (C=N–C) groups is 1. The lowest BCUT2D eigenvalue weighted by molar-refractivity contribution is -0.115. The first-order valence-corrected chi connectivity index (χ1v) is 9.49. The van der Waals surface area contributed by atoms with E-state index in [2.05, 4.69) is 10.3 Å². The average molecular weight is 390 g/mol. The van der Waals surface area contributed by atoms with Crippen molar-refractivity contribution in [3.63, 3.8) is 0 Å². The van der Waals surface area contributed by atoms with Gasteiger partial charge in [-0.15, -0.1) is 0 Å². The molecule has 0 unspecified atom stereocenters. The van der Waals surface area contributed by atoms with Crippen LogP contribution in [-0.4, -0.2) is 25.3 Å². The smallest absolute Gasteiger partial charge is 0.264 e. The Morgan fingerprint density at radius 2 is 1.75 bits per heavy atom. The Kier molecular flexibility index (Phi) is 5.04. The third-order valence-electron chi connectivity index (χ3n) is 4.34. The number of amides is 1. The summed E-state index contributed by atoms with van der Waals surface area (Å²) in [5.41, 5.74) is 1.68. The highest BCUT2D eigenvalue weighted by Gasteiger charge is 2.24. The molecule has 1 aliphatic rings. The van der Waals surface area contributed by atoms with Crippen molar-refractivity contribution in [2.24, 2.45) is 4.99 Å². The van der Waals surface area contributed by atoms with Crippen molar-refractivity contribution >= 4 is 45.4 Å². The quantitative estimate of drug-likeness (QED) is 0.653. The number of fused-ring (bicyclic) bond motifs is 1. The summed E-state index contributed by atoms with van der Waals surface area (Å²) in [4.78, 5) is 17.6. The third-order valence-corrected chi connectivity index (χ3v) is 5.25. The Bertz CT molecular complexity index is 1120. The van der Waals surface area contributed by atoms with Gasteiger partial charge in [0.05, 0.1) is 24.8 Å². The van der Waals surface area contributed by atoms with Crippen LogP contribution in [-0.2, 0) is 4.79 Å². The number of amidine groups is 1. The number of ether oxygens (including phenoxy) is 2. The fourth-order valence-electron chi connectivity index (χ4n) is 2.99. The van der Waals surface area contributed by atoms with Gasteiger partial charge in [-0.25, -0.2) is 4.99 Å². The van der Waals surface area contributed by atoms with Gasteiger partial charge < -0.3 is 14.8 Å². The standard InChI is InChI=1S/C22H18N2O3S/c1-26-18-11-10-14(12-19(18)27-2)13-20-21(25)24-22(28-20)23-17-9-5-7-15-6-3-4-8-16(15)17/h3-13H,1-2H3,(H,23,24,25)/b20-13+. The number of carbonyl (C=O) groups is 1. The van der Waals surface area contributed by atoms with Crippen molar-refractivity contribution in [2.75, 3.05) is 14.2 Å². The van der Waals surface area contributed by atoms with Gasteiger partial charge in [0.1, 0.15) is 0 Å². The highest BCUT2D eigenvalue weighted by molar-refractivity contribution is 8.18. The number of rotatable bonds is 4. The van der Waals surface area contributed by atoms with Gasteiger partial charge >= 0.3 is 0 Å². The molecule has 0 saturated carbocycles. The molecule has 1 aliphatic heterocycles. The van der Waals surface area contributed by atoms with Gasteiger partial charge in [0.15, 0.2) is 16.7 Å². The van der Waals surface area contributed by atoms with Crippen LogP contribution in [0.4, 0.5) is 5.69 Å². The molecular weight excluding hydrogens is 372 g/mol. The molecule has 1 amide bonds. The largest absolute Gasteiger partial charge is 0.493 e. The van der Waals surface area contributed by atoms with Crippen LogP contribution < -0.4 is 14.8 Å². The molecule has 6 heteroatoms. The van der Waals surface area contributed by atoms with E-state index in [1.54, 1.807) is 14.2 Å². The summed E-state index contributed by atoms with van der Waals surface area (Å²) in [6, 6.07) is 19.5. The Balaban J connectivity index is 1.64. The second-order valence-corrected chi connectivity index (χ2v) is 7.13. The van der Waals surface area contributed by atoms with E-state index in [1.807, 2.05) is 66.7 Å². The molecule has 28 heavy (non-hydrogen) atoms. The number of thioether (sulfide) groups is 1. The predicted octanol–water partition coefficient (Wildman–Crippen LogP) is 4.75. The summed E-state index contributed by atoms with van der Waals surface area (Å²) in [5, 5.41) is 5.56. The minimum Gasteiger partial charge on any atom is -0.493 e. The molecule has 0 atom stereocenters. The Labute approximate surface area is 167 Å². The molecule has 0 spiro atoms. The van der Waals surface area contributed by atoms with Crippen molar-refractivity contribution in [2.45, 2.75) is 0 Å². The minimum absolute atomic E-state index is 0.168. The van der Waals surface area contributed by atoms with Crippen LogP contribution in [0.25, 0.3) is 16.8 Å². The van der Waals surface area contributed by atoms with Gasteiger partial charge in [0.2, 0.25) is 0 Å². The summed E-state index contributed by atoms with van der Waals surface area (Å²) in [6.45, 7) is 0. The lowest BCUT2D eigenvalue weighted by Crippen LogP contribution is -2.19. The van der Waals surface area contributed by atoms with Crippen LogP contribution in [0, 0.1) is 0 Å². The van der Waals surface area contributed by atoms with Crippen molar-refractivity contribution in [1.29, 1.82) is 0 Å². The second-order valence-electron chi connectivity index (χ2n) is 6.09. The maximum atomic E-state index is 12.4. The molecule has 4 rings (SSSR count). The maximum Gasteiger partial charge on any atom is 0.264 e. The number of methoxy groups -OCH3 is 2. The first-order valence-electron chi connectivity index (χ1n) is 8.67. The van der Waals surface area contributed by atoms with Crippen LogP contribution in [0.15, 0.2) is 70.6 Å². The van der Waals surface area contributed by atoms with Crippen molar-refractivity contribution < 1.29 is 14.3 Å². The summed E-state index contributed by atoms with van der Waals surface area (Å²) in [5.74, 6) is 1.09. The summed E-state index contributed by atoms with van der Waals surface area (Å²) in [6.07, 6.45) is 1.81. The van der Waals surface area contributed by atoms with E-state index >= 15 is 0 Å². The lowest BCUT2D eigenvalue weighted by atomic mass is 10.1. The molecule has 3 aromatic carbocycles. The van der Waals surface area contributed by atoms with Crippen molar-refractivity contribution in [1.82, 2.24) is 5.32 Å². The maximum absolute atomic E-state index is 12.4. The second kappa shape index (κ2) is 7.78. The first kappa shape index (κ1) is 18.1. The number of carbonyl (C=O) groups excluding carboxylic acids is 1. The minimum atomic E-state index is -0.168. The van der Waals surface area contributed by atoms with Crippen LogP contribution >= 0.6 is 11.8 Å². The molecule has 3 aromatic rings. The van der Waals surface area contributed by atoms with Crippen LogP contribution in [0.5, 0.6) is 11.5 Å². The van der Waals surface area contributed by atoms with E-state index in [1.165, 1.54) is 11.8 Å². The van der Waals surface area contributed by atoms with Gasteiger partial charge in [0, 0.05) is 5.39 Å². The zero-order chi connectivity index (χ0) is 19.5. The van der Waals surface area contributed by atoms with Crippen molar-refractivity contribution in [3.05, 3.63) is 71.1 Å². The number of hydrogen-bond acceptors (Lipinski definition) is 5. The molecule has 0 aliphatic carbocycles. The van der Waals surface area contributed by atoms with E-state index in [0.717, 1.165) is 22.0 Å². The van der Waals surface area contributed by atoms with Gasteiger partial charge in [-0.1, -0.05) is 42.5 Å². The highest BCUT2D eigenvalue weighted by atomic mass is 32.2. The Morgan fingerprint density at radius 3 is 2.57 bits per heavy atom. The third kappa shape index (κ3) is 3.59. The molecule has 140 valence electrons. The topological polar surface area (TPSA) is 59.9 Å². The summed E-state index contributed by atoms with van der Waals surface area (Å²) in [7, 11) is 3.17. The summed E-state index contributed by atoms with van der Waals surface area (Å²) >= 11 is 1.32. The zero-order valence-corrected chi connectivity index (χ0v) is 16.2. The molecule has 1 N–H and O–H groups in total. The average Bonchev–Trinajstić information content (AvgIpc) is 3.07. The van der Waals surface area contributed by atoms with Crippen LogP contribution in [0.2, 0.25) is 0 Å². The molecule has 1 fully saturated rings. The number of benzene rings is 3. The van der Waals surface area contributed by atoms with Crippen LogP contribution in [0.3, 0.4) is 0 Å². The van der Waals surface area contributed by atoms with E-state index in [0.29, 0.717) is 21.6 Å². The Hall–Kier alpha value is -3.25. The normalized spacial score (nSPS) is 16.6. The highest BCUT2D eigenvalue weighted by Crippen LogP contribution is 2.33. The molecule has 5 nitrogen and oxygen atoms in total. The lowest BCUT2D eigenvalue weighted by Gasteiger charge is -2.07. The monoisotopic (exact) mass is 390 g/mol. The Morgan fingerprint density at radius 1 is 0.964 bits per heavy atom. The molecule has 1 heterocycles. The molecular formula is C22H18N2O3S. The predicted molar refractivity (Wildman–Crippen MR) is 114 cm³/mol. The van der Waals surface area contributed by atoms with E-state index < -0.39 is 0 Å². The number of nitrogens with one attached hydrogen (secondary N) is 1. The van der Waals surface area contributed by atoms with Gasteiger partial charge in [-0.05, 0) is 47.0 Å². The molecule has 0 bridgehead atoms. The molecule has 1 saturated heterocycles. The fourth-order valence-corrected chi connectivity index (χ4v) is 3.82. The van der Waals surface area contributed by atoms with Gasteiger partial charge in [-0.3, -0.25) is 4.79 Å². The first-order chi connectivity index (χ1) is 13.7. The SMILES string of the molecule is COc1ccc(/C=C2/SC(=Nc3cccc4ccccc34)NC2=O)cc1OC. The molecule has 0 aromatic heterocycles. The molecule has 0 radical (unpaired) electrons. The zero-order valence-electron chi connectivity index (χ0n) is 15.4. The van der Waals surface area contributed by atoms with E-state index in [9.17, 15) is 4.79 Å². The number of nitrogens with zero attached hydrogens (tertiary/aromatic N) is 1. The van der Waals surface area contributed by atoms with Gasteiger partial charge in [0.25, 0.3) is 5.91 Å². The van der Waals surface area contributed by atoms with Crippen LogP contribution in [0.1, 0.15) is 5.56 Å². The number of hydrogen-bond donors (Lipinski definition) is 1. The van der Waals surface area contributed by atoms with Crippen molar-refractivity contribution in [3.8, 4) is 11.5 Å². The summed E-state index contributed by atoms with van der Waals surface area (Å²) < 4.78 is 10.6. The van der Waals surface area contributed by atoms with Gasteiger partial charge in [-0.2, -0.15) is 0 Å². The van der Waals surface area contributed by atoms with E-state index in [4.69, 9.17) is 9.47 Å².